The summed E-state index contributed by atoms with van der Waals surface area (Å²) in [6, 6.07) is 9.01. The molecule has 2 aromatic rings. The molecule has 0 saturated carbocycles. The van der Waals surface area contributed by atoms with Gasteiger partial charge < -0.3 is 10.5 Å². The fourth-order valence-corrected chi connectivity index (χ4v) is 2.24. The molecular formula is C15H14BrF2NO. The minimum atomic E-state index is -0.388. The van der Waals surface area contributed by atoms with E-state index in [1.807, 2.05) is 0 Å². The maximum atomic E-state index is 13.6. The van der Waals surface area contributed by atoms with Gasteiger partial charge in [-0.25, -0.2) is 8.78 Å². The van der Waals surface area contributed by atoms with E-state index in [2.05, 4.69) is 15.9 Å². The first-order valence-electron chi connectivity index (χ1n) is 6.15. The van der Waals surface area contributed by atoms with Gasteiger partial charge in [0, 0.05) is 16.1 Å². The zero-order valence-electron chi connectivity index (χ0n) is 10.7. The Kier molecular flexibility index (Phi) is 5.09. The number of nitrogens with two attached hydrogens (primary N) is 1. The van der Waals surface area contributed by atoms with Gasteiger partial charge >= 0.3 is 0 Å². The summed E-state index contributed by atoms with van der Waals surface area (Å²) >= 11 is 3.27. The van der Waals surface area contributed by atoms with Crippen molar-refractivity contribution in [3.63, 3.8) is 0 Å². The van der Waals surface area contributed by atoms with Gasteiger partial charge in [0.1, 0.15) is 24.0 Å². The maximum absolute atomic E-state index is 13.6. The molecule has 5 heteroatoms. The van der Waals surface area contributed by atoms with Gasteiger partial charge in [0.05, 0.1) is 0 Å². The predicted molar refractivity (Wildman–Crippen MR) is 77.6 cm³/mol. The molecule has 0 saturated heterocycles. The lowest BCUT2D eigenvalue weighted by molar-refractivity contribution is 0.298. The molecular weight excluding hydrogens is 328 g/mol. The molecule has 0 heterocycles. The van der Waals surface area contributed by atoms with Gasteiger partial charge in [0.15, 0.2) is 0 Å². The molecule has 2 aromatic carbocycles. The van der Waals surface area contributed by atoms with E-state index < -0.39 is 0 Å². The molecule has 0 atom stereocenters. The molecule has 0 aliphatic carbocycles. The van der Waals surface area contributed by atoms with Gasteiger partial charge in [-0.3, -0.25) is 0 Å². The normalized spacial score (nSPS) is 10.6. The Morgan fingerprint density at radius 3 is 2.65 bits per heavy atom. The van der Waals surface area contributed by atoms with E-state index in [1.165, 1.54) is 18.2 Å². The van der Waals surface area contributed by atoms with Crippen molar-refractivity contribution in [3.05, 3.63) is 63.6 Å². The van der Waals surface area contributed by atoms with Crippen molar-refractivity contribution in [3.8, 4) is 5.75 Å². The summed E-state index contributed by atoms with van der Waals surface area (Å²) in [6.07, 6.45) is 0.569. The standard InChI is InChI=1S/C15H14BrF2NO/c16-12-1-2-15(18)11(7-12)9-20-14-6-10(3-4-19)5-13(17)8-14/h1-2,5-8H,3-4,9,19H2. The van der Waals surface area contributed by atoms with Crippen LogP contribution in [0.5, 0.6) is 5.75 Å². The topological polar surface area (TPSA) is 35.2 Å². The molecule has 0 unspecified atom stereocenters. The summed E-state index contributed by atoms with van der Waals surface area (Å²) in [5, 5.41) is 0. The first-order valence-corrected chi connectivity index (χ1v) is 6.94. The van der Waals surface area contributed by atoms with E-state index in [9.17, 15) is 8.78 Å². The number of rotatable bonds is 5. The largest absolute Gasteiger partial charge is 0.489 e. The summed E-state index contributed by atoms with van der Waals surface area (Å²) in [5.41, 5.74) is 6.61. The van der Waals surface area contributed by atoms with Crippen LogP contribution < -0.4 is 10.5 Å². The first-order chi connectivity index (χ1) is 9.58. The molecule has 2 rings (SSSR count). The third-order valence-corrected chi connectivity index (χ3v) is 3.26. The van der Waals surface area contributed by atoms with Crippen molar-refractivity contribution in [1.82, 2.24) is 0 Å². The van der Waals surface area contributed by atoms with E-state index in [0.29, 0.717) is 24.3 Å². The van der Waals surface area contributed by atoms with Crippen molar-refractivity contribution < 1.29 is 13.5 Å². The molecule has 0 radical (unpaired) electrons. The third kappa shape index (κ3) is 4.02. The molecule has 0 bridgehead atoms. The third-order valence-electron chi connectivity index (χ3n) is 2.77. The number of hydrogen-bond acceptors (Lipinski definition) is 2. The van der Waals surface area contributed by atoms with E-state index in [-0.39, 0.29) is 18.2 Å². The lowest BCUT2D eigenvalue weighted by Gasteiger charge is -2.09. The fraction of sp³-hybridized carbons (Fsp3) is 0.200. The van der Waals surface area contributed by atoms with Crippen LogP contribution in [0.1, 0.15) is 11.1 Å². The molecule has 20 heavy (non-hydrogen) atoms. The first kappa shape index (κ1) is 14.9. The van der Waals surface area contributed by atoms with Crippen molar-refractivity contribution in [2.45, 2.75) is 13.0 Å². The van der Waals surface area contributed by atoms with Gasteiger partial charge in [-0.1, -0.05) is 15.9 Å². The zero-order valence-corrected chi connectivity index (χ0v) is 12.3. The second-order valence-corrected chi connectivity index (χ2v) is 5.27. The Hall–Kier alpha value is -1.46. The molecule has 0 aromatic heterocycles. The molecule has 0 amide bonds. The van der Waals surface area contributed by atoms with Gasteiger partial charge in [-0.05, 0) is 48.9 Å². The second kappa shape index (κ2) is 6.81. The highest BCUT2D eigenvalue weighted by atomic mass is 79.9. The molecule has 0 aliphatic rings. The van der Waals surface area contributed by atoms with Gasteiger partial charge in [0.25, 0.3) is 0 Å². The lowest BCUT2D eigenvalue weighted by atomic mass is 10.1. The summed E-state index contributed by atoms with van der Waals surface area (Å²) in [7, 11) is 0. The Morgan fingerprint density at radius 1 is 1.10 bits per heavy atom. The van der Waals surface area contributed by atoms with E-state index >= 15 is 0 Å². The Balaban J connectivity index is 2.12. The van der Waals surface area contributed by atoms with E-state index in [0.717, 1.165) is 10.0 Å². The van der Waals surface area contributed by atoms with Crippen molar-refractivity contribution in [2.75, 3.05) is 6.54 Å². The number of hydrogen-bond donors (Lipinski definition) is 1. The zero-order chi connectivity index (χ0) is 14.5. The average Bonchev–Trinajstić information content (AvgIpc) is 2.40. The fourth-order valence-electron chi connectivity index (χ4n) is 1.83. The van der Waals surface area contributed by atoms with Crippen LogP contribution in [-0.4, -0.2) is 6.54 Å². The van der Waals surface area contributed by atoms with E-state index in [1.54, 1.807) is 18.2 Å². The van der Waals surface area contributed by atoms with Crippen LogP contribution in [0.4, 0.5) is 8.78 Å². The van der Waals surface area contributed by atoms with Crippen LogP contribution in [0.2, 0.25) is 0 Å². The van der Waals surface area contributed by atoms with Crippen LogP contribution in [0, 0.1) is 11.6 Å². The highest BCUT2D eigenvalue weighted by molar-refractivity contribution is 9.10. The monoisotopic (exact) mass is 341 g/mol. The van der Waals surface area contributed by atoms with Crippen LogP contribution >= 0.6 is 15.9 Å². The Labute approximate surface area is 124 Å². The van der Waals surface area contributed by atoms with Crippen molar-refractivity contribution in [1.29, 1.82) is 0 Å². The van der Waals surface area contributed by atoms with Crippen LogP contribution in [0.15, 0.2) is 40.9 Å². The predicted octanol–water partition coefficient (Wildman–Crippen LogP) is 3.81. The maximum Gasteiger partial charge on any atom is 0.129 e. The minimum absolute atomic E-state index is 0.0385. The van der Waals surface area contributed by atoms with Gasteiger partial charge in [0.2, 0.25) is 0 Å². The molecule has 106 valence electrons. The average molecular weight is 342 g/mol. The van der Waals surface area contributed by atoms with Crippen LogP contribution in [-0.2, 0) is 13.0 Å². The Bertz CT molecular complexity index is 604. The molecule has 0 spiro atoms. The van der Waals surface area contributed by atoms with Crippen LogP contribution in [0.25, 0.3) is 0 Å². The summed E-state index contributed by atoms with van der Waals surface area (Å²) in [4.78, 5) is 0. The lowest BCUT2D eigenvalue weighted by Crippen LogP contribution is -2.04. The second-order valence-electron chi connectivity index (χ2n) is 4.36. The number of benzene rings is 2. The quantitative estimate of drug-likeness (QED) is 0.897. The molecule has 2 nitrogen and oxygen atoms in total. The van der Waals surface area contributed by atoms with Gasteiger partial charge in [-0.15, -0.1) is 0 Å². The minimum Gasteiger partial charge on any atom is -0.489 e. The molecule has 0 aliphatic heterocycles. The summed E-state index contributed by atoms with van der Waals surface area (Å²) in [6.45, 7) is 0.472. The molecule has 0 fully saturated rings. The van der Waals surface area contributed by atoms with Crippen LogP contribution in [0.3, 0.4) is 0 Å². The number of halogens is 3. The number of ether oxygens (including phenoxy) is 1. The summed E-state index contributed by atoms with van der Waals surface area (Å²) < 4.78 is 33.2. The van der Waals surface area contributed by atoms with Crippen molar-refractivity contribution >= 4 is 15.9 Å². The van der Waals surface area contributed by atoms with E-state index in [4.69, 9.17) is 10.5 Å². The van der Waals surface area contributed by atoms with Crippen molar-refractivity contribution in [2.24, 2.45) is 5.73 Å². The SMILES string of the molecule is NCCc1cc(F)cc(OCc2cc(Br)ccc2F)c1. The smallest absolute Gasteiger partial charge is 0.129 e. The summed E-state index contributed by atoms with van der Waals surface area (Å²) in [5.74, 6) is -0.375. The molecule has 2 N–H and O–H groups in total. The Morgan fingerprint density at radius 2 is 1.90 bits per heavy atom. The van der Waals surface area contributed by atoms with Gasteiger partial charge in [-0.2, -0.15) is 0 Å². The highest BCUT2D eigenvalue weighted by Crippen LogP contribution is 2.20. The highest BCUT2D eigenvalue weighted by Gasteiger charge is 2.06.